The van der Waals surface area contributed by atoms with E-state index in [9.17, 15) is 5.11 Å². The van der Waals surface area contributed by atoms with Gasteiger partial charge in [-0.3, -0.25) is 0 Å². The number of aliphatic hydroxyl groups is 1. The molecule has 64 valence electrons. The predicted octanol–water partition coefficient (Wildman–Crippen LogP) is 3.39. The van der Waals surface area contributed by atoms with Crippen molar-refractivity contribution in [2.75, 3.05) is 0 Å². The molecule has 1 aromatic carbocycles. The van der Waals surface area contributed by atoms with Crippen LogP contribution in [-0.4, -0.2) is 5.11 Å². The quantitative estimate of drug-likeness (QED) is 0.675. The van der Waals surface area contributed by atoms with Crippen molar-refractivity contribution in [2.24, 2.45) is 0 Å². The Morgan fingerprint density at radius 2 is 2.00 bits per heavy atom. The molecule has 0 aromatic heterocycles. The Labute approximate surface area is 73.4 Å². The molecule has 1 nitrogen and oxygen atoms in total. The Hall–Kier alpha value is -1.24. The van der Waals surface area contributed by atoms with Crippen molar-refractivity contribution < 1.29 is 5.11 Å². The molecule has 0 fully saturated rings. The van der Waals surface area contributed by atoms with Gasteiger partial charge in [0.05, 0.1) is 5.76 Å². The first-order valence-electron chi connectivity index (χ1n) is 4.27. The average Bonchev–Trinajstić information content (AvgIpc) is 2.06. The Kier molecular flexibility index (Phi) is 3.39. The van der Waals surface area contributed by atoms with Crippen LogP contribution in [0.2, 0.25) is 0 Å². The lowest BCUT2D eigenvalue weighted by molar-refractivity contribution is 0.392. The summed E-state index contributed by atoms with van der Waals surface area (Å²) in [5.41, 5.74) is 1.06. The molecule has 0 saturated carbocycles. The van der Waals surface area contributed by atoms with Crippen molar-refractivity contribution in [1.82, 2.24) is 0 Å². The normalized spacial score (nSPS) is 11.6. The highest BCUT2D eigenvalue weighted by atomic mass is 16.3. The molecule has 0 bridgehead atoms. The summed E-state index contributed by atoms with van der Waals surface area (Å²) in [7, 11) is 0. The van der Waals surface area contributed by atoms with E-state index in [0.717, 1.165) is 18.4 Å². The fourth-order valence-corrected chi connectivity index (χ4v) is 1.07. The zero-order chi connectivity index (χ0) is 8.81. The second-order valence-electron chi connectivity index (χ2n) is 2.80. The first-order valence-corrected chi connectivity index (χ1v) is 4.27. The van der Waals surface area contributed by atoms with E-state index in [2.05, 4.69) is 6.92 Å². The maximum atomic E-state index is 9.36. The summed E-state index contributed by atoms with van der Waals surface area (Å²) in [4.78, 5) is 0. The van der Waals surface area contributed by atoms with Gasteiger partial charge in [-0.05, 0) is 18.1 Å². The van der Waals surface area contributed by atoms with Crippen molar-refractivity contribution in [1.29, 1.82) is 0 Å². The SMILES string of the molecule is CCCC(O)=Cc1ccccc1. The highest BCUT2D eigenvalue weighted by molar-refractivity contribution is 5.50. The first-order chi connectivity index (χ1) is 5.83. The molecular weight excluding hydrogens is 148 g/mol. The highest BCUT2D eigenvalue weighted by Gasteiger charge is 1.90. The van der Waals surface area contributed by atoms with E-state index in [0.29, 0.717) is 5.76 Å². The van der Waals surface area contributed by atoms with E-state index in [4.69, 9.17) is 0 Å². The van der Waals surface area contributed by atoms with Crippen molar-refractivity contribution in [3.8, 4) is 0 Å². The van der Waals surface area contributed by atoms with E-state index in [1.165, 1.54) is 0 Å². The average molecular weight is 162 g/mol. The largest absolute Gasteiger partial charge is 0.512 e. The van der Waals surface area contributed by atoms with Gasteiger partial charge in [0.1, 0.15) is 0 Å². The zero-order valence-electron chi connectivity index (χ0n) is 7.33. The molecule has 0 spiro atoms. The van der Waals surface area contributed by atoms with Crippen LogP contribution in [0.25, 0.3) is 6.08 Å². The smallest absolute Gasteiger partial charge is 0.0928 e. The van der Waals surface area contributed by atoms with E-state index in [-0.39, 0.29) is 0 Å². The monoisotopic (exact) mass is 162 g/mol. The topological polar surface area (TPSA) is 20.2 Å². The van der Waals surface area contributed by atoms with E-state index in [1.54, 1.807) is 0 Å². The molecule has 1 rings (SSSR count). The number of aliphatic hydroxyl groups excluding tert-OH is 1. The van der Waals surface area contributed by atoms with Crippen LogP contribution in [0.15, 0.2) is 36.1 Å². The highest BCUT2D eigenvalue weighted by Crippen LogP contribution is 2.08. The van der Waals surface area contributed by atoms with Crippen LogP contribution >= 0.6 is 0 Å². The Balaban J connectivity index is 2.67. The summed E-state index contributed by atoms with van der Waals surface area (Å²) in [5.74, 6) is 0.462. The molecule has 0 radical (unpaired) electrons. The van der Waals surface area contributed by atoms with Crippen LogP contribution in [0.3, 0.4) is 0 Å². The molecule has 0 amide bonds. The van der Waals surface area contributed by atoms with E-state index < -0.39 is 0 Å². The third kappa shape index (κ3) is 2.79. The van der Waals surface area contributed by atoms with Crippen LogP contribution in [-0.2, 0) is 0 Å². The number of hydrogen-bond donors (Lipinski definition) is 1. The van der Waals surface area contributed by atoms with Crippen molar-refractivity contribution in [2.45, 2.75) is 19.8 Å². The van der Waals surface area contributed by atoms with E-state index >= 15 is 0 Å². The molecule has 0 atom stereocenters. The minimum atomic E-state index is 0.462. The Morgan fingerprint density at radius 3 is 2.58 bits per heavy atom. The molecular formula is C11H14O. The lowest BCUT2D eigenvalue weighted by Gasteiger charge is -1.96. The molecule has 0 unspecified atom stereocenters. The molecule has 0 heterocycles. The van der Waals surface area contributed by atoms with Crippen LogP contribution in [0.5, 0.6) is 0 Å². The van der Waals surface area contributed by atoms with Crippen LogP contribution in [0, 0.1) is 0 Å². The molecule has 0 aliphatic rings. The lowest BCUT2D eigenvalue weighted by Crippen LogP contribution is -1.79. The van der Waals surface area contributed by atoms with Gasteiger partial charge in [-0.15, -0.1) is 0 Å². The molecule has 0 aliphatic carbocycles. The summed E-state index contributed by atoms with van der Waals surface area (Å²) < 4.78 is 0. The van der Waals surface area contributed by atoms with Gasteiger partial charge in [0.2, 0.25) is 0 Å². The van der Waals surface area contributed by atoms with Crippen LogP contribution < -0.4 is 0 Å². The molecule has 0 saturated heterocycles. The van der Waals surface area contributed by atoms with Gasteiger partial charge in [0.15, 0.2) is 0 Å². The fourth-order valence-electron chi connectivity index (χ4n) is 1.07. The standard InChI is InChI=1S/C11H14O/c1-2-6-11(12)9-10-7-4-3-5-8-10/h3-5,7-9,12H,2,6H2,1H3. The summed E-state index contributed by atoms with van der Waals surface area (Å²) >= 11 is 0. The van der Waals surface area contributed by atoms with Gasteiger partial charge in [-0.1, -0.05) is 37.3 Å². The molecule has 1 N–H and O–H groups in total. The van der Waals surface area contributed by atoms with Crippen LogP contribution in [0.1, 0.15) is 25.3 Å². The third-order valence-corrected chi connectivity index (χ3v) is 1.64. The maximum Gasteiger partial charge on any atom is 0.0928 e. The fraction of sp³-hybridized carbons (Fsp3) is 0.273. The summed E-state index contributed by atoms with van der Waals surface area (Å²) in [6.45, 7) is 2.05. The van der Waals surface area contributed by atoms with Crippen molar-refractivity contribution in [3.05, 3.63) is 41.7 Å². The third-order valence-electron chi connectivity index (χ3n) is 1.64. The predicted molar refractivity (Wildman–Crippen MR) is 52.0 cm³/mol. The zero-order valence-corrected chi connectivity index (χ0v) is 7.33. The number of benzene rings is 1. The van der Waals surface area contributed by atoms with Gasteiger partial charge < -0.3 is 5.11 Å². The molecule has 1 aromatic rings. The second-order valence-corrected chi connectivity index (χ2v) is 2.80. The van der Waals surface area contributed by atoms with Gasteiger partial charge in [-0.2, -0.15) is 0 Å². The van der Waals surface area contributed by atoms with Gasteiger partial charge in [0.25, 0.3) is 0 Å². The Morgan fingerprint density at radius 1 is 1.33 bits per heavy atom. The summed E-state index contributed by atoms with van der Waals surface area (Å²) in [5, 5.41) is 9.36. The number of allylic oxidation sites excluding steroid dienone is 1. The second kappa shape index (κ2) is 4.60. The lowest BCUT2D eigenvalue weighted by atomic mass is 10.2. The van der Waals surface area contributed by atoms with Gasteiger partial charge >= 0.3 is 0 Å². The molecule has 1 heteroatoms. The van der Waals surface area contributed by atoms with Crippen LogP contribution in [0.4, 0.5) is 0 Å². The summed E-state index contributed by atoms with van der Waals surface area (Å²) in [6, 6.07) is 9.85. The minimum Gasteiger partial charge on any atom is -0.512 e. The molecule has 12 heavy (non-hydrogen) atoms. The summed E-state index contributed by atoms with van der Waals surface area (Å²) in [6.07, 6.45) is 3.55. The number of hydrogen-bond acceptors (Lipinski definition) is 1. The first kappa shape index (κ1) is 8.85. The van der Waals surface area contributed by atoms with E-state index in [1.807, 2.05) is 36.4 Å². The maximum absolute atomic E-state index is 9.36. The Bertz CT molecular complexity index is 249. The van der Waals surface area contributed by atoms with Crippen molar-refractivity contribution >= 4 is 6.08 Å². The number of rotatable bonds is 3. The van der Waals surface area contributed by atoms with Gasteiger partial charge in [0, 0.05) is 6.42 Å². The van der Waals surface area contributed by atoms with Gasteiger partial charge in [-0.25, -0.2) is 0 Å². The minimum absolute atomic E-state index is 0.462. The van der Waals surface area contributed by atoms with Crippen molar-refractivity contribution in [3.63, 3.8) is 0 Å². The molecule has 0 aliphatic heterocycles.